The Morgan fingerprint density at radius 1 is 1.64 bits per heavy atom. The van der Waals surface area contributed by atoms with Gasteiger partial charge in [0.1, 0.15) is 0 Å². The van der Waals surface area contributed by atoms with Gasteiger partial charge in [-0.2, -0.15) is 0 Å². The van der Waals surface area contributed by atoms with Crippen molar-refractivity contribution in [2.75, 3.05) is 26.9 Å². The van der Waals surface area contributed by atoms with Crippen molar-refractivity contribution in [3.63, 3.8) is 0 Å². The zero-order chi connectivity index (χ0) is 10.4. The molecule has 14 heavy (non-hydrogen) atoms. The van der Waals surface area contributed by atoms with E-state index in [1.54, 1.807) is 7.11 Å². The van der Waals surface area contributed by atoms with Crippen LogP contribution >= 0.6 is 0 Å². The summed E-state index contributed by atoms with van der Waals surface area (Å²) in [5.74, 6) is 0. The Morgan fingerprint density at radius 3 is 3.00 bits per heavy atom. The summed E-state index contributed by atoms with van der Waals surface area (Å²) in [6.45, 7) is 3.57. The summed E-state index contributed by atoms with van der Waals surface area (Å²) < 4.78 is 10.5. The molecule has 1 aliphatic heterocycles. The zero-order valence-corrected chi connectivity index (χ0v) is 9.03. The first kappa shape index (κ1) is 11.9. The molecule has 0 aromatic carbocycles. The number of methoxy groups -OCH3 is 1. The average Bonchev–Trinajstić information content (AvgIpc) is 2.17. The number of hydrogen-bond donors (Lipinski definition) is 2. The van der Waals surface area contributed by atoms with Gasteiger partial charge in [0, 0.05) is 19.8 Å². The maximum atomic E-state index is 9.08. The number of aliphatic hydroxyl groups excluding tert-OH is 1. The van der Waals surface area contributed by atoms with E-state index in [-0.39, 0.29) is 12.6 Å². The topological polar surface area (TPSA) is 50.7 Å². The molecule has 0 spiro atoms. The van der Waals surface area contributed by atoms with E-state index < -0.39 is 0 Å². The fourth-order valence-electron chi connectivity index (χ4n) is 1.84. The molecule has 1 fully saturated rings. The number of aliphatic hydroxyl groups is 1. The van der Waals surface area contributed by atoms with Crippen LogP contribution < -0.4 is 5.32 Å². The van der Waals surface area contributed by atoms with Gasteiger partial charge in [-0.25, -0.2) is 0 Å². The highest BCUT2D eigenvalue weighted by atomic mass is 16.5. The minimum atomic E-state index is 0.0512. The minimum absolute atomic E-state index is 0.0512. The summed E-state index contributed by atoms with van der Waals surface area (Å²) in [5.41, 5.74) is 0. The van der Waals surface area contributed by atoms with E-state index >= 15 is 0 Å². The predicted molar refractivity (Wildman–Crippen MR) is 54.3 cm³/mol. The third kappa shape index (κ3) is 3.92. The molecule has 0 amide bonds. The molecule has 2 N–H and O–H groups in total. The third-order valence-electron chi connectivity index (χ3n) is 2.54. The Bertz CT molecular complexity index is 154. The monoisotopic (exact) mass is 203 g/mol. The minimum Gasteiger partial charge on any atom is -0.395 e. The van der Waals surface area contributed by atoms with Crippen LogP contribution in [0.25, 0.3) is 0 Å². The van der Waals surface area contributed by atoms with Crippen LogP contribution in [0, 0.1) is 0 Å². The maximum absolute atomic E-state index is 9.08. The molecule has 1 heterocycles. The Kier molecular flexibility index (Phi) is 5.40. The highest BCUT2D eigenvalue weighted by Gasteiger charge is 2.21. The van der Waals surface area contributed by atoms with Crippen LogP contribution in [0.15, 0.2) is 0 Å². The summed E-state index contributed by atoms with van der Waals surface area (Å²) >= 11 is 0. The molecule has 3 unspecified atom stereocenters. The molecule has 84 valence electrons. The highest BCUT2D eigenvalue weighted by Crippen LogP contribution is 2.13. The Labute approximate surface area is 85.6 Å². The maximum Gasteiger partial charge on any atom is 0.0638 e. The van der Waals surface area contributed by atoms with E-state index in [1.807, 2.05) is 0 Å². The second-order valence-electron chi connectivity index (χ2n) is 3.90. The molecular formula is C10H21NO3. The van der Waals surface area contributed by atoms with Crippen molar-refractivity contribution < 1.29 is 14.6 Å². The fraction of sp³-hybridized carbons (Fsp3) is 1.00. The Morgan fingerprint density at radius 2 is 2.43 bits per heavy atom. The molecule has 4 nitrogen and oxygen atoms in total. The van der Waals surface area contributed by atoms with E-state index in [0.717, 1.165) is 19.4 Å². The van der Waals surface area contributed by atoms with E-state index in [0.29, 0.717) is 18.8 Å². The quantitative estimate of drug-likeness (QED) is 0.668. The molecule has 0 saturated carbocycles. The Balaban J connectivity index is 2.26. The lowest BCUT2D eigenvalue weighted by Gasteiger charge is -2.30. The largest absolute Gasteiger partial charge is 0.395 e. The molecule has 0 aromatic heterocycles. The normalized spacial score (nSPS) is 30.2. The highest BCUT2D eigenvalue weighted by molar-refractivity contribution is 4.78. The van der Waals surface area contributed by atoms with Gasteiger partial charge >= 0.3 is 0 Å². The van der Waals surface area contributed by atoms with E-state index in [2.05, 4.69) is 12.2 Å². The number of hydrogen-bond acceptors (Lipinski definition) is 4. The van der Waals surface area contributed by atoms with Gasteiger partial charge in [-0.1, -0.05) is 0 Å². The van der Waals surface area contributed by atoms with Crippen LogP contribution in [0.1, 0.15) is 19.8 Å². The molecule has 4 heteroatoms. The zero-order valence-electron chi connectivity index (χ0n) is 9.03. The standard InChI is InChI=1S/C10H21NO3/c1-8-5-9(3-4-14-8)11-10(6-12)7-13-2/h8-12H,3-7H2,1-2H3. The van der Waals surface area contributed by atoms with Crippen LogP contribution in [-0.2, 0) is 9.47 Å². The van der Waals surface area contributed by atoms with E-state index in [4.69, 9.17) is 14.6 Å². The molecule has 0 aromatic rings. The SMILES string of the molecule is COCC(CO)NC1CCOC(C)C1. The third-order valence-corrected chi connectivity index (χ3v) is 2.54. The van der Waals surface area contributed by atoms with Gasteiger partial charge in [-0.05, 0) is 19.8 Å². The lowest BCUT2D eigenvalue weighted by atomic mass is 10.0. The van der Waals surface area contributed by atoms with E-state index in [1.165, 1.54) is 0 Å². The molecule has 1 aliphatic rings. The predicted octanol–water partition coefficient (Wildman–Crippen LogP) is 0.151. The van der Waals surface area contributed by atoms with Crippen LogP contribution in [0.4, 0.5) is 0 Å². The smallest absolute Gasteiger partial charge is 0.0638 e. The van der Waals surface area contributed by atoms with Crippen molar-refractivity contribution in [1.82, 2.24) is 5.32 Å². The van der Waals surface area contributed by atoms with Crippen LogP contribution in [0.3, 0.4) is 0 Å². The van der Waals surface area contributed by atoms with Crippen molar-refractivity contribution >= 4 is 0 Å². The molecular weight excluding hydrogens is 182 g/mol. The second-order valence-corrected chi connectivity index (χ2v) is 3.90. The van der Waals surface area contributed by atoms with Gasteiger partial charge in [-0.15, -0.1) is 0 Å². The first-order valence-electron chi connectivity index (χ1n) is 5.23. The van der Waals surface area contributed by atoms with Crippen LogP contribution in [-0.4, -0.2) is 50.2 Å². The van der Waals surface area contributed by atoms with Gasteiger partial charge in [0.2, 0.25) is 0 Å². The van der Waals surface area contributed by atoms with Crippen molar-refractivity contribution in [3.8, 4) is 0 Å². The van der Waals surface area contributed by atoms with Crippen molar-refractivity contribution in [3.05, 3.63) is 0 Å². The molecule has 3 atom stereocenters. The van der Waals surface area contributed by atoms with Gasteiger partial charge in [0.25, 0.3) is 0 Å². The number of nitrogens with one attached hydrogen (secondary N) is 1. The Hall–Kier alpha value is -0.160. The van der Waals surface area contributed by atoms with Crippen molar-refractivity contribution in [2.24, 2.45) is 0 Å². The van der Waals surface area contributed by atoms with Crippen LogP contribution in [0.2, 0.25) is 0 Å². The van der Waals surface area contributed by atoms with Gasteiger partial charge in [0.05, 0.1) is 25.4 Å². The molecule has 1 saturated heterocycles. The number of rotatable bonds is 5. The van der Waals surface area contributed by atoms with Crippen LogP contribution in [0.5, 0.6) is 0 Å². The molecule has 0 bridgehead atoms. The lowest BCUT2D eigenvalue weighted by Crippen LogP contribution is -2.46. The summed E-state index contributed by atoms with van der Waals surface area (Å²) in [6.07, 6.45) is 2.35. The van der Waals surface area contributed by atoms with Gasteiger partial charge < -0.3 is 19.9 Å². The fourth-order valence-corrected chi connectivity index (χ4v) is 1.84. The van der Waals surface area contributed by atoms with Crippen molar-refractivity contribution in [1.29, 1.82) is 0 Å². The lowest BCUT2D eigenvalue weighted by molar-refractivity contribution is 0.00629. The van der Waals surface area contributed by atoms with Gasteiger partial charge in [0.15, 0.2) is 0 Å². The number of ether oxygens (including phenoxy) is 2. The summed E-state index contributed by atoms with van der Waals surface area (Å²) in [7, 11) is 1.65. The molecule has 0 aliphatic carbocycles. The average molecular weight is 203 g/mol. The second kappa shape index (κ2) is 6.35. The molecule has 1 rings (SSSR count). The first-order chi connectivity index (χ1) is 6.76. The summed E-state index contributed by atoms with van der Waals surface area (Å²) in [5, 5.41) is 12.5. The van der Waals surface area contributed by atoms with Crippen molar-refractivity contribution in [2.45, 2.75) is 38.0 Å². The summed E-state index contributed by atoms with van der Waals surface area (Å²) in [4.78, 5) is 0. The first-order valence-corrected chi connectivity index (χ1v) is 5.23. The summed E-state index contributed by atoms with van der Waals surface area (Å²) in [6, 6.07) is 0.501. The molecule has 0 radical (unpaired) electrons. The van der Waals surface area contributed by atoms with E-state index in [9.17, 15) is 0 Å². The van der Waals surface area contributed by atoms with Gasteiger partial charge in [-0.3, -0.25) is 0 Å².